The van der Waals surface area contributed by atoms with Gasteiger partial charge in [-0.2, -0.15) is 5.10 Å². The van der Waals surface area contributed by atoms with Gasteiger partial charge in [0.1, 0.15) is 11.4 Å². The van der Waals surface area contributed by atoms with E-state index in [-0.39, 0.29) is 11.7 Å². The first-order valence-electron chi connectivity index (χ1n) is 11.3. The number of nitrogens with zero attached hydrogens (tertiary/aromatic N) is 5. The van der Waals surface area contributed by atoms with Crippen LogP contribution in [0.1, 0.15) is 57.3 Å². The van der Waals surface area contributed by atoms with Gasteiger partial charge in [-0.05, 0) is 68.5 Å². The molecule has 1 saturated heterocycles. The van der Waals surface area contributed by atoms with Crippen molar-refractivity contribution in [1.82, 2.24) is 24.5 Å². The lowest BCUT2D eigenvalue weighted by Crippen LogP contribution is -2.38. The van der Waals surface area contributed by atoms with Crippen LogP contribution >= 0.6 is 0 Å². The quantitative estimate of drug-likeness (QED) is 0.466. The first-order valence-corrected chi connectivity index (χ1v) is 11.3. The van der Waals surface area contributed by atoms with Crippen LogP contribution in [0.3, 0.4) is 0 Å². The molecule has 0 N–H and O–H groups in total. The first-order chi connectivity index (χ1) is 16.0. The van der Waals surface area contributed by atoms with E-state index < -0.39 is 0 Å². The molecule has 0 atom stereocenters. The molecule has 6 nitrogen and oxygen atoms in total. The number of piperidine rings is 1. The van der Waals surface area contributed by atoms with Crippen LogP contribution in [0.15, 0.2) is 54.9 Å². The van der Waals surface area contributed by atoms with Crippen molar-refractivity contribution in [1.29, 1.82) is 0 Å². The predicted octanol–water partition coefficient (Wildman–Crippen LogP) is 4.49. The minimum atomic E-state index is -0.222. The maximum absolute atomic E-state index is 13.2. The standard InChI is InChI=1S/C26H26FN5O/c1-17-13-18(2)32-25(30-17)23(16-29-32)26(33)31-11-9-21(10-12-31)24-8-5-20(15-28-24)14-19-3-6-22(27)7-4-19/h3-8,13,15-16,21H,9-12,14H2,1-2H3. The molecule has 0 aliphatic carbocycles. The van der Waals surface area contributed by atoms with Gasteiger partial charge in [0, 0.05) is 42.3 Å². The Hall–Kier alpha value is -3.61. The Labute approximate surface area is 192 Å². The largest absolute Gasteiger partial charge is 0.338 e. The molecule has 1 aliphatic heterocycles. The number of aryl methyl sites for hydroxylation is 2. The maximum Gasteiger partial charge on any atom is 0.259 e. The minimum Gasteiger partial charge on any atom is -0.338 e. The summed E-state index contributed by atoms with van der Waals surface area (Å²) in [6, 6.07) is 12.7. The molecular weight excluding hydrogens is 417 g/mol. The van der Waals surface area contributed by atoms with Crippen molar-refractivity contribution in [2.24, 2.45) is 0 Å². The second kappa shape index (κ2) is 8.73. The third-order valence-corrected chi connectivity index (χ3v) is 6.38. The number of halogens is 1. The number of aromatic nitrogens is 4. The SMILES string of the molecule is Cc1cc(C)n2ncc(C(=O)N3CCC(c4ccc(Cc5ccc(F)cc5)cn4)CC3)c2n1. The molecule has 0 unspecified atom stereocenters. The van der Waals surface area contributed by atoms with Crippen LogP contribution in [0.25, 0.3) is 5.65 Å². The van der Waals surface area contributed by atoms with Crippen LogP contribution in [-0.2, 0) is 6.42 Å². The Morgan fingerprint density at radius 3 is 2.45 bits per heavy atom. The monoisotopic (exact) mass is 443 g/mol. The third-order valence-electron chi connectivity index (χ3n) is 6.38. The average molecular weight is 444 g/mol. The fourth-order valence-electron chi connectivity index (χ4n) is 4.59. The van der Waals surface area contributed by atoms with Gasteiger partial charge in [0.05, 0.1) is 6.20 Å². The number of benzene rings is 1. The van der Waals surface area contributed by atoms with E-state index in [9.17, 15) is 9.18 Å². The highest BCUT2D eigenvalue weighted by atomic mass is 19.1. The lowest BCUT2D eigenvalue weighted by Gasteiger charge is -2.31. The highest BCUT2D eigenvalue weighted by Crippen LogP contribution is 2.28. The number of carbonyl (C=O) groups is 1. The number of fused-ring (bicyclic) bond motifs is 1. The Morgan fingerprint density at radius 2 is 1.76 bits per heavy atom. The number of likely N-dealkylation sites (tertiary alicyclic amines) is 1. The molecule has 0 radical (unpaired) electrons. The van der Waals surface area contributed by atoms with E-state index in [1.54, 1.807) is 22.8 Å². The fraction of sp³-hybridized carbons (Fsp3) is 0.308. The topological polar surface area (TPSA) is 63.4 Å². The highest BCUT2D eigenvalue weighted by Gasteiger charge is 2.27. The highest BCUT2D eigenvalue weighted by molar-refractivity contribution is 5.99. The molecule has 1 aromatic carbocycles. The van der Waals surface area contributed by atoms with E-state index in [0.717, 1.165) is 47.5 Å². The number of hydrogen-bond donors (Lipinski definition) is 0. The van der Waals surface area contributed by atoms with Gasteiger partial charge in [-0.15, -0.1) is 0 Å². The van der Waals surface area contributed by atoms with E-state index in [1.807, 2.05) is 31.0 Å². The summed E-state index contributed by atoms with van der Waals surface area (Å²) in [5.41, 5.74) is 6.25. The third kappa shape index (κ3) is 4.35. The minimum absolute atomic E-state index is 0.0106. The van der Waals surface area contributed by atoms with E-state index in [1.165, 1.54) is 12.1 Å². The number of hydrogen-bond acceptors (Lipinski definition) is 4. The fourth-order valence-corrected chi connectivity index (χ4v) is 4.59. The van der Waals surface area contributed by atoms with Crippen molar-refractivity contribution in [3.8, 4) is 0 Å². The Kier molecular flexibility index (Phi) is 5.62. The Morgan fingerprint density at radius 1 is 1.03 bits per heavy atom. The Bertz CT molecular complexity index is 1290. The predicted molar refractivity (Wildman–Crippen MR) is 124 cm³/mol. The molecular formula is C26H26FN5O. The van der Waals surface area contributed by atoms with Crippen LogP contribution in [0.5, 0.6) is 0 Å². The van der Waals surface area contributed by atoms with E-state index in [4.69, 9.17) is 4.98 Å². The molecule has 1 amide bonds. The summed E-state index contributed by atoms with van der Waals surface area (Å²) in [7, 11) is 0. The maximum atomic E-state index is 13.2. The molecule has 5 rings (SSSR count). The summed E-state index contributed by atoms with van der Waals surface area (Å²) >= 11 is 0. The second-order valence-electron chi connectivity index (χ2n) is 8.79. The average Bonchev–Trinajstić information content (AvgIpc) is 3.25. The zero-order chi connectivity index (χ0) is 22.9. The van der Waals surface area contributed by atoms with Crippen LogP contribution in [0.2, 0.25) is 0 Å². The molecule has 1 fully saturated rings. The summed E-state index contributed by atoms with van der Waals surface area (Å²) in [6.45, 7) is 5.26. The molecule has 33 heavy (non-hydrogen) atoms. The number of pyridine rings is 1. The van der Waals surface area contributed by atoms with E-state index in [2.05, 4.69) is 22.2 Å². The molecule has 3 aromatic heterocycles. The summed E-state index contributed by atoms with van der Waals surface area (Å²) in [5.74, 6) is 0.101. The van der Waals surface area contributed by atoms with Crippen LogP contribution in [0.4, 0.5) is 4.39 Å². The number of carbonyl (C=O) groups excluding carboxylic acids is 1. The van der Waals surface area contributed by atoms with E-state index in [0.29, 0.717) is 30.2 Å². The van der Waals surface area contributed by atoms with Crippen molar-refractivity contribution in [3.05, 3.63) is 94.4 Å². The molecule has 0 bridgehead atoms. The molecule has 168 valence electrons. The van der Waals surface area contributed by atoms with Crippen LogP contribution < -0.4 is 0 Å². The zero-order valence-corrected chi connectivity index (χ0v) is 18.8. The van der Waals surface area contributed by atoms with Gasteiger partial charge in [-0.3, -0.25) is 9.78 Å². The van der Waals surface area contributed by atoms with Gasteiger partial charge in [-0.25, -0.2) is 13.9 Å². The Balaban J connectivity index is 1.23. The molecule has 0 saturated carbocycles. The van der Waals surface area contributed by atoms with Crippen molar-refractivity contribution >= 4 is 11.6 Å². The van der Waals surface area contributed by atoms with Gasteiger partial charge in [0.15, 0.2) is 5.65 Å². The van der Waals surface area contributed by atoms with Gasteiger partial charge < -0.3 is 4.90 Å². The lowest BCUT2D eigenvalue weighted by atomic mass is 9.92. The summed E-state index contributed by atoms with van der Waals surface area (Å²) < 4.78 is 14.8. The summed E-state index contributed by atoms with van der Waals surface area (Å²) in [6.07, 6.45) is 6.02. The van der Waals surface area contributed by atoms with Crippen LogP contribution in [0, 0.1) is 19.7 Å². The van der Waals surface area contributed by atoms with Crippen molar-refractivity contribution in [2.75, 3.05) is 13.1 Å². The van der Waals surface area contributed by atoms with Crippen LogP contribution in [-0.4, -0.2) is 43.5 Å². The van der Waals surface area contributed by atoms with E-state index >= 15 is 0 Å². The molecule has 0 spiro atoms. The smallest absolute Gasteiger partial charge is 0.259 e. The number of amides is 1. The van der Waals surface area contributed by atoms with Gasteiger partial charge >= 0.3 is 0 Å². The molecule has 7 heteroatoms. The normalized spacial score (nSPS) is 14.7. The second-order valence-corrected chi connectivity index (χ2v) is 8.79. The molecule has 1 aliphatic rings. The summed E-state index contributed by atoms with van der Waals surface area (Å²) in [5, 5.41) is 4.36. The van der Waals surface area contributed by atoms with Crippen molar-refractivity contribution in [2.45, 2.75) is 39.0 Å². The summed E-state index contributed by atoms with van der Waals surface area (Å²) in [4.78, 5) is 24.3. The van der Waals surface area contributed by atoms with Gasteiger partial charge in [0.2, 0.25) is 0 Å². The lowest BCUT2D eigenvalue weighted by molar-refractivity contribution is 0.0714. The first kappa shape index (κ1) is 21.2. The van der Waals surface area contributed by atoms with Crippen molar-refractivity contribution in [3.63, 3.8) is 0 Å². The van der Waals surface area contributed by atoms with Gasteiger partial charge in [-0.1, -0.05) is 18.2 Å². The molecule has 4 heterocycles. The number of rotatable bonds is 4. The van der Waals surface area contributed by atoms with Crippen molar-refractivity contribution < 1.29 is 9.18 Å². The zero-order valence-electron chi connectivity index (χ0n) is 18.8. The van der Waals surface area contributed by atoms with Gasteiger partial charge in [0.25, 0.3) is 5.91 Å². The molecule has 4 aromatic rings.